The van der Waals surface area contributed by atoms with Crippen LogP contribution in [0.25, 0.3) is 0 Å². The van der Waals surface area contributed by atoms with E-state index in [9.17, 15) is 9.59 Å². The maximum Gasteiger partial charge on any atom is 0.308 e. The molecule has 0 radical (unpaired) electrons. The van der Waals surface area contributed by atoms with E-state index in [1.165, 1.54) is 17.5 Å². The SMILES string of the molecule is CC(CC(=O)OC1CCc2ccccc2C1)NC(=O)C1CCCCC1. The van der Waals surface area contributed by atoms with E-state index in [1.54, 1.807) is 0 Å². The first-order chi connectivity index (χ1) is 12.1. The molecule has 136 valence electrons. The third kappa shape index (κ3) is 5.07. The van der Waals surface area contributed by atoms with Gasteiger partial charge in [-0.1, -0.05) is 43.5 Å². The molecule has 1 fully saturated rings. The summed E-state index contributed by atoms with van der Waals surface area (Å²) in [6.07, 6.45) is 8.30. The maximum absolute atomic E-state index is 12.3. The Morgan fingerprint density at radius 1 is 1.12 bits per heavy atom. The summed E-state index contributed by atoms with van der Waals surface area (Å²) >= 11 is 0. The highest BCUT2D eigenvalue weighted by atomic mass is 16.5. The van der Waals surface area contributed by atoms with Crippen LogP contribution in [-0.2, 0) is 27.2 Å². The van der Waals surface area contributed by atoms with Gasteiger partial charge in [-0.3, -0.25) is 9.59 Å². The standard InChI is InChI=1S/C21H29NO3/c1-15(22-21(24)17-8-3-2-4-9-17)13-20(23)25-19-12-11-16-7-5-6-10-18(16)14-19/h5-7,10,15,17,19H,2-4,8-9,11-14H2,1H3,(H,22,24). The summed E-state index contributed by atoms with van der Waals surface area (Å²) in [4.78, 5) is 24.5. The fraction of sp³-hybridized carbons (Fsp3) is 0.619. The molecule has 2 atom stereocenters. The fourth-order valence-corrected chi connectivity index (χ4v) is 4.03. The molecule has 25 heavy (non-hydrogen) atoms. The molecule has 0 aromatic heterocycles. The van der Waals surface area contributed by atoms with Gasteiger partial charge in [0.05, 0.1) is 6.42 Å². The number of carbonyl (C=O) groups is 2. The average Bonchev–Trinajstić information content (AvgIpc) is 2.62. The molecule has 4 heteroatoms. The Kier molecular flexibility index (Phi) is 6.11. The molecule has 4 nitrogen and oxygen atoms in total. The van der Waals surface area contributed by atoms with Crippen LogP contribution in [0.3, 0.4) is 0 Å². The molecule has 0 saturated heterocycles. The largest absolute Gasteiger partial charge is 0.462 e. The van der Waals surface area contributed by atoms with Gasteiger partial charge in [0.15, 0.2) is 0 Å². The molecule has 1 aromatic carbocycles. The first kappa shape index (κ1) is 18.0. The minimum Gasteiger partial charge on any atom is -0.462 e. The lowest BCUT2D eigenvalue weighted by Gasteiger charge is -2.26. The van der Waals surface area contributed by atoms with Crippen LogP contribution >= 0.6 is 0 Å². The number of carbonyl (C=O) groups excluding carboxylic acids is 2. The van der Waals surface area contributed by atoms with Crippen molar-refractivity contribution in [1.82, 2.24) is 5.32 Å². The van der Waals surface area contributed by atoms with E-state index in [1.807, 2.05) is 13.0 Å². The number of aryl methyl sites for hydroxylation is 1. The molecule has 0 bridgehead atoms. The number of nitrogens with one attached hydrogen (secondary N) is 1. The Morgan fingerprint density at radius 2 is 1.84 bits per heavy atom. The minimum atomic E-state index is -0.208. The zero-order valence-corrected chi connectivity index (χ0v) is 15.1. The predicted octanol–water partition coefficient (Wildman–Crippen LogP) is 3.56. The third-order valence-corrected chi connectivity index (χ3v) is 5.44. The molecule has 2 aliphatic carbocycles. The van der Waals surface area contributed by atoms with Gasteiger partial charge in [0.2, 0.25) is 5.91 Å². The topological polar surface area (TPSA) is 55.4 Å². The Labute approximate surface area is 150 Å². The van der Waals surface area contributed by atoms with E-state index in [-0.39, 0.29) is 36.4 Å². The molecule has 1 aromatic rings. The van der Waals surface area contributed by atoms with Gasteiger partial charge in [0.25, 0.3) is 0 Å². The van der Waals surface area contributed by atoms with Crippen molar-refractivity contribution in [3.05, 3.63) is 35.4 Å². The fourth-order valence-electron chi connectivity index (χ4n) is 4.03. The number of benzene rings is 1. The monoisotopic (exact) mass is 343 g/mol. The van der Waals surface area contributed by atoms with E-state index in [4.69, 9.17) is 4.74 Å². The summed E-state index contributed by atoms with van der Waals surface area (Å²) in [6.45, 7) is 1.89. The van der Waals surface area contributed by atoms with Crippen LogP contribution < -0.4 is 5.32 Å². The third-order valence-electron chi connectivity index (χ3n) is 5.44. The van der Waals surface area contributed by atoms with Crippen LogP contribution in [0.4, 0.5) is 0 Å². The lowest BCUT2D eigenvalue weighted by Crippen LogP contribution is -2.39. The average molecular weight is 343 g/mol. The van der Waals surface area contributed by atoms with Crippen LogP contribution in [0.5, 0.6) is 0 Å². The highest BCUT2D eigenvalue weighted by molar-refractivity contribution is 5.80. The van der Waals surface area contributed by atoms with Crippen LogP contribution in [0.2, 0.25) is 0 Å². The molecule has 1 saturated carbocycles. The summed E-state index contributed by atoms with van der Waals surface area (Å²) in [5, 5.41) is 2.99. The number of ether oxygens (including phenoxy) is 1. The quantitative estimate of drug-likeness (QED) is 0.832. The van der Waals surface area contributed by atoms with Gasteiger partial charge in [0, 0.05) is 18.4 Å². The summed E-state index contributed by atoms with van der Waals surface area (Å²) in [5.41, 5.74) is 2.65. The highest BCUT2D eigenvalue weighted by Gasteiger charge is 2.25. The van der Waals surface area contributed by atoms with Crippen LogP contribution in [0.1, 0.15) is 63.0 Å². The predicted molar refractivity (Wildman–Crippen MR) is 97.1 cm³/mol. The molecule has 0 spiro atoms. The van der Waals surface area contributed by atoms with Gasteiger partial charge in [-0.25, -0.2) is 0 Å². The van der Waals surface area contributed by atoms with Crippen molar-refractivity contribution in [1.29, 1.82) is 0 Å². The molecular weight excluding hydrogens is 314 g/mol. The van der Waals surface area contributed by atoms with Crippen LogP contribution in [-0.4, -0.2) is 24.0 Å². The van der Waals surface area contributed by atoms with Gasteiger partial charge >= 0.3 is 5.97 Å². The van der Waals surface area contributed by atoms with Crippen molar-refractivity contribution in [2.75, 3.05) is 0 Å². The van der Waals surface area contributed by atoms with Gasteiger partial charge in [-0.15, -0.1) is 0 Å². The van der Waals surface area contributed by atoms with Crippen molar-refractivity contribution < 1.29 is 14.3 Å². The Morgan fingerprint density at radius 3 is 2.60 bits per heavy atom. The smallest absolute Gasteiger partial charge is 0.308 e. The summed E-state index contributed by atoms with van der Waals surface area (Å²) in [7, 11) is 0. The molecule has 0 aliphatic heterocycles. The molecule has 2 unspecified atom stereocenters. The van der Waals surface area contributed by atoms with Gasteiger partial charge < -0.3 is 10.1 Å². The Balaban J connectivity index is 1.42. The summed E-state index contributed by atoms with van der Waals surface area (Å²) in [5.74, 6) is 0.0227. The zero-order valence-electron chi connectivity index (χ0n) is 15.1. The second-order valence-electron chi connectivity index (χ2n) is 7.57. The molecule has 0 heterocycles. The molecule has 3 rings (SSSR count). The van der Waals surface area contributed by atoms with Crippen LogP contribution in [0.15, 0.2) is 24.3 Å². The van der Waals surface area contributed by atoms with Gasteiger partial charge in [-0.05, 0) is 43.7 Å². The van der Waals surface area contributed by atoms with E-state index >= 15 is 0 Å². The number of hydrogen-bond donors (Lipinski definition) is 1. The molecule has 2 aliphatic rings. The Hall–Kier alpha value is -1.84. The van der Waals surface area contributed by atoms with Crippen molar-refractivity contribution in [2.45, 2.75) is 76.9 Å². The van der Waals surface area contributed by atoms with Crippen LogP contribution in [0, 0.1) is 5.92 Å². The number of rotatable bonds is 5. The number of esters is 1. The van der Waals surface area contributed by atoms with E-state index in [2.05, 4.69) is 23.5 Å². The molecule has 1 N–H and O–H groups in total. The van der Waals surface area contributed by atoms with Crippen molar-refractivity contribution >= 4 is 11.9 Å². The second-order valence-corrected chi connectivity index (χ2v) is 7.57. The summed E-state index contributed by atoms with van der Waals surface area (Å²) in [6, 6.07) is 8.18. The maximum atomic E-state index is 12.3. The Bertz CT molecular complexity index is 607. The first-order valence-electron chi connectivity index (χ1n) is 9.68. The number of hydrogen-bond acceptors (Lipinski definition) is 3. The number of amides is 1. The highest BCUT2D eigenvalue weighted by Crippen LogP contribution is 2.25. The van der Waals surface area contributed by atoms with Crippen molar-refractivity contribution in [2.24, 2.45) is 5.92 Å². The van der Waals surface area contributed by atoms with Gasteiger partial charge in [-0.2, -0.15) is 0 Å². The van der Waals surface area contributed by atoms with Crippen molar-refractivity contribution in [3.63, 3.8) is 0 Å². The minimum absolute atomic E-state index is 0.0383. The first-order valence-corrected chi connectivity index (χ1v) is 9.68. The summed E-state index contributed by atoms with van der Waals surface area (Å²) < 4.78 is 5.66. The second kappa shape index (κ2) is 8.50. The van der Waals surface area contributed by atoms with E-state index in [0.717, 1.165) is 44.9 Å². The van der Waals surface area contributed by atoms with Crippen molar-refractivity contribution in [3.8, 4) is 0 Å². The van der Waals surface area contributed by atoms with Gasteiger partial charge in [0.1, 0.15) is 6.10 Å². The lowest BCUT2D eigenvalue weighted by molar-refractivity contribution is -0.150. The molecule has 1 amide bonds. The normalized spacial score (nSPS) is 21.9. The van der Waals surface area contributed by atoms with E-state index in [0.29, 0.717) is 0 Å². The zero-order chi connectivity index (χ0) is 17.6. The molecular formula is C21H29NO3. The number of fused-ring (bicyclic) bond motifs is 1. The lowest BCUT2D eigenvalue weighted by atomic mass is 9.88. The van der Waals surface area contributed by atoms with E-state index < -0.39 is 0 Å².